The third-order valence-electron chi connectivity index (χ3n) is 9.61. The van der Waals surface area contributed by atoms with Crippen LogP contribution in [0.25, 0.3) is 0 Å². The smallest absolute Gasteiger partial charge is 0.472 e. The van der Waals surface area contributed by atoms with E-state index < -0.39 is 51.1 Å². The lowest BCUT2D eigenvalue weighted by Gasteiger charge is -2.20. The molecule has 3 unspecified atom stereocenters. The molecule has 0 aliphatic heterocycles. The maximum absolute atomic E-state index is 12.6. The van der Waals surface area contributed by atoms with Crippen LogP contribution in [0.2, 0.25) is 0 Å². The van der Waals surface area contributed by atoms with E-state index in [9.17, 15) is 23.8 Å². The average molecular weight is 778 g/mol. The summed E-state index contributed by atoms with van der Waals surface area (Å²) in [5.74, 6) is -2.36. The normalized spacial score (nSPS) is 13.7. The summed E-state index contributed by atoms with van der Waals surface area (Å²) in [5, 5.41) is 8.87. The Hall–Kier alpha value is -1.52. The summed E-state index contributed by atoms with van der Waals surface area (Å²) in [7, 11) is -4.70. The second-order valence-electron chi connectivity index (χ2n) is 14.8. The van der Waals surface area contributed by atoms with Crippen molar-refractivity contribution in [3.05, 3.63) is 0 Å². The van der Waals surface area contributed by atoms with Gasteiger partial charge in [0.1, 0.15) is 12.6 Å². The second-order valence-corrected chi connectivity index (χ2v) is 16.3. The van der Waals surface area contributed by atoms with Crippen LogP contribution in [0, 0.1) is 0 Å². The molecule has 0 aliphatic rings. The maximum atomic E-state index is 12.6. The van der Waals surface area contributed by atoms with Gasteiger partial charge in [-0.3, -0.25) is 23.4 Å². The van der Waals surface area contributed by atoms with Gasteiger partial charge in [-0.2, -0.15) is 0 Å². The molecule has 53 heavy (non-hydrogen) atoms. The van der Waals surface area contributed by atoms with E-state index in [1.54, 1.807) is 0 Å². The Balaban J connectivity index is 4.26. The van der Waals surface area contributed by atoms with Gasteiger partial charge in [-0.15, -0.1) is 0 Å². The number of nitrogens with two attached hydrogens (primary N) is 1. The molecule has 4 N–H and O–H groups in total. The SMILES string of the molecule is CCCCCCCCCCCCCCCCCCCCCC(=O)OC(COC(=O)CCCCCCCCCCCC)COP(=O)(O)OCC(N)C(=O)O. The lowest BCUT2D eigenvalue weighted by atomic mass is 10.0. The fraction of sp³-hybridized carbons (Fsp3) is 0.927. The Kier molecular flexibility index (Phi) is 36.3. The molecule has 3 atom stereocenters. The molecule has 12 heteroatoms. The zero-order chi connectivity index (χ0) is 39.3. The van der Waals surface area contributed by atoms with Gasteiger partial charge >= 0.3 is 25.7 Å². The summed E-state index contributed by atoms with van der Waals surface area (Å²) in [6, 6.07) is -1.52. The summed E-state index contributed by atoms with van der Waals surface area (Å²) in [5.41, 5.74) is 5.32. The quantitative estimate of drug-likeness (QED) is 0.0306. The van der Waals surface area contributed by atoms with Crippen LogP contribution in [-0.2, 0) is 37.5 Å². The van der Waals surface area contributed by atoms with Crippen LogP contribution in [0.5, 0.6) is 0 Å². The topological polar surface area (TPSA) is 172 Å². The lowest BCUT2D eigenvalue weighted by Crippen LogP contribution is -2.34. The van der Waals surface area contributed by atoms with Crippen LogP contribution in [-0.4, -0.2) is 59.9 Å². The van der Waals surface area contributed by atoms with E-state index in [4.69, 9.17) is 24.8 Å². The van der Waals surface area contributed by atoms with E-state index >= 15 is 0 Å². The maximum Gasteiger partial charge on any atom is 0.472 e. The second kappa shape index (κ2) is 37.4. The molecule has 0 aromatic carbocycles. The van der Waals surface area contributed by atoms with Gasteiger partial charge in [0.15, 0.2) is 6.10 Å². The molecule has 0 bridgehead atoms. The number of carboxylic acids is 1. The van der Waals surface area contributed by atoms with E-state index in [1.807, 2.05) is 0 Å². The number of phosphoric acid groups is 1. The first-order valence-corrected chi connectivity index (χ1v) is 23.1. The highest BCUT2D eigenvalue weighted by molar-refractivity contribution is 7.47. The molecule has 11 nitrogen and oxygen atoms in total. The van der Waals surface area contributed by atoms with Crippen molar-refractivity contribution in [1.29, 1.82) is 0 Å². The fourth-order valence-corrected chi connectivity index (χ4v) is 6.96. The highest BCUT2D eigenvalue weighted by atomic mass is 31.2. The molecular formula is C41H80NO10P. The molecular weight excluding hydrogens is 697 g/mol. The standard InChI is InChI=1S/C41H80NO10P/c1-3-5-7-9-11-13-15-16-17-18-19-20-21-22-23-25-27-29-31-33-40(44)52-37(35-50-53(47,48)51-36-38(42)41(45)46)34-49-39(43)32-30-28-26-24-14-12-10-8-6-4-2/h37-38H,3-36,42H2,1-2H3,(H,45,46)(H,47,48). The van der Waals surface area contributed by atoms with E-state index in [2.05, 4.69) is 18.4 Å². The van der Waals surface area contributed by atoms with Crippen LogP contribution < -0.4 is 5.73 Å². The van der Waals surface area contributed by atoms with Crippen molar-refractivity contribution in [2.24, 2.45) is 5.73 Å². The number of ether oxygens (including phenoxy) is 2. The largest absolute Gasteiger partial charge is 0.480 e. The van der Waals surface area contributed by atoms with Gasteiger partial charge in [0.05, 0.1) is 13.2 Å². The first-order chi connectivity index (χ1) is 25.6. The van der Waals surface area contributed by atoms with Crippen molar-refractivity contribution in [3.8, 4) is 0 Å². The molecule has 0 aromatic rings. The van der Waals surface area contributed by atoms with E-state index in [0.29, 0.717) is 12.8 Å². The minimum absolute atomic E-state index is 0.169. The van der Waals surface area contributed by atoms with E-state index in [0.717, 1.165) is 38.5 Å². The van der Waals surface area contributed by atoms with E-state index in [1.165, 1.54) is 135 Å². The molecule has 0 radical (unpaired) electrons. The Morgan fingerprint density at radius 2 is 0.830 bits per heavy atom. The number of carboxylic acid groups (broad SMARTS) is 1. The molecule has 314 valence electrons. The van der Waals surface area contributed by atoms with Crippen LogP contribution in [0.4, 0.5) is 0 Å². The number of rotatable bonds is 41. The van der Waals surface area contributed by atoms with Gasteiger partial charge in [0, 0.05) is 12.8 Å². The van der Waals surface area contributed by atoms with Crippen molar-refractivity contribution in [2.45, 2.75) is 225 Å². The minimum Gasteiger partial charge on any atom is -0.480 e. The first kappa shape index (κ1) is 51.5. The van der Waals surface area contributed by atoms with Crippen molar-refractivity contribution in [1.82, 2.24) is 0 Å². The number of aliphatic carboxylic acids is 1. The fourth-order valence-electron chi connectivity index (χ4n) is 6.18. The van der Waals surface area contributed by atoms with Gasteiger partial charge in [0.2, 0.25) is 0 Å². The van der Waals surface area contributed by atoms with Crippen LogP contribution in [0.1, 0.15) is 213 Å². The summed E-state index contributed by atoms with van der Waals surface area (Å²) >= 11 is 0. The summed E-state index contributed by atoms with van der Waals surface area (Å²) in [4.78, 5) is 45.8. The van der Waals surface area contributed by atoms with Gasteiger partial charge in [0.25, 0.3) is 0 Å². The highest BCUT2D eigenvalue weighted by Crippen LogP contribution is 2.43. The Bertz CT molecular complexity index is 921. The molecule has 0 aliphatic carbocycles. The zero-order valence-corrected chi connectivity index (χ0v) is 34.8. The number of carbonyl (C=O) groups is 3. The number of carbonyl (C=O) groups excluding carboxylic acids is 2. The number of hydrogen-bond acceptors (Lipinski definition) is 9. The van der Waals surface area contributed by atoms with Crippen LogP contribution in [0.3, 0.4) is 0 Å². The average Bonchev–Trinajstić information content (AvgIpc) is 3.13. The third kappa shape index (κ3) is 37.2. The van der Waals surface area contributed by atoms with Crippen molar-refractivity contribution in [3.63, 3.8) is 0 Å². The predicted octanol–water partition coefficient (Wildman–Crippen LogP) is 11.1. The van der Waals surface area contributed by atoms with E-state index in [-0.39, 0.29) is 19.4 Å². The molecule has 0 amide bonds. The van der Waals surface area contributed by atoms with Gasteiger partial charge in [-0.1, -0.05) is 187 Å². The van der Waals surface area contributed by atoms with Crippen molar-refractivity contribution in [2.75, 3.05) is 19.8 Å². The van der Waals surface area contributed by atoms with Crippen molar-refractivity contribution < 1.29 is 47.5 Å². The Morgan fingerprint density at radius 3 is 1.19 bits per heavy atom. The van der Waals surface area contributed by atoms with Crippen molar-refractivity contribution >= 4 is 25.7 Å². The third-order valence-corrected chi connectivity index (χ3v) is 10.6. The highest BCUT2D eigenvalue weighted by Gasteiger charge is 2.28. The number of phosphoric ester groups is 1. The number of esters is 2. The molecule has 0 saturated carbocycles. The number of hydrogen-bond donors (Lipinski definition) is 3. The summed E-state index contributed by atoms with van der Waals surface area (Å²) in [6.07, 6.45) is 34.6. The molecule has 0 aromatic heterocycles. The first-order valence-electron chi connectivity index (χ1n) is 21.6. The Labute approximate surface area is 323 Å². The monoisotopic (exact) mass is 778 g/mol. The molecule has 0 saturated heterocycles. The van der Waals surface area contributed by atoms with Gasteiger partial charge < -0.3 is 25.2 Å². The zero-order valence-electron chi connectivity index (χ0n) is 33.9. The summed E-state index contributed by atoms with van der Waals surface area (Å²) in [6.45, 7) is 2.81. The lowest BCUT2D eigenvalue weighted by molar-refractivity contribution is -0.161. The minimum atomic E-state index is -4.70. The van der Waals surface area contributed by atoms with Gasteiger partial charge in [-0.25, -0.2) is 4.57 Å². The molecule has 0 heterocycles. The van der Waals surface area contributed by atoms with Gasteiger partial charge in [-0.05, 0) is 12.8 Å². The summed E-state index contributed by atoms with van der Waals surface area (Å²) < 4.78 is 32.6. The molecule has 0 rings (SSSR count). The predicted molar refractivity (Wildman–Crippen MR) is 213 cm³/mol. The van der Waals surface area contributed by atoms with Crippen LogP contribution >= 0.6 is 7.82 Å². The van der Waals surface area contributed by atoms with Crippen LogP contribution in [0.15, 0.2) is 0 Å². The molecule has 0 spiro atoms. The molecule has 0 fully saturated rings. The number of unbranched alkanes of at least 4 members (excludes halogenated alkanes) is 27. The Morgan fingerprint density at radius 1 is 0.509 bits per heavy atom.